The summed E-state index contributed by atoms with van der Waals surface area (Å²) in [7, 11) is 0. The molecule has 1 amide bonds. The van der Waals surface area contributed by atoms with Crippen LogP contribution in [0.3, 0.4) is 0 Å². The molecule has 0 aliphatic carbocycles. The lowest BCUT2D eigenvalue weighted by molar-refractivity contribution is -0.116. The van der Waals surface area contributed by atoms with Gasteiger partial charge in [0.15, 0.2) is 10.8 Å². The maximum Gasteiger partial charge on any atom is 0.265 e. The molecule has 4 aromatic rings. The Kier molecular flexibility index (Phi) is 5.03. The highest BCUT2D eigenvalue weighted by Gasteiger charge is 2.29. The maximum absolute atomic E-state index is 13.2. The Morgan fingerprint density at radius 1 is 1.26 bits per heavy atom. The van der Waals surface area contributed by atoms with Gasteiger partial charge in [0.1, 0.15) is 5.39 Å². The number of nitrogens with zero attached hydrogens (tertiary/aromatic N) is 4. The molecule has 0 bridgehead atoms. The molecule has 9 heteroatoms. The number of nitrogens with one attached hydrogen (secondary N) is 1. The van der Waals surface area contributed by atoms with Gasteiger partial charge in [-0.15, -0.1) is 0 Å². The van der Waals surface area contributed by atoms with Gasteiger partial charge in [-0.1, -0.05) is 47.1 Å². The molecule has 7 nitrogen and oxygen atoms in total. The minimum atomic E-state index is -0.260. The molecule has 0 spiro atoms. The molecule has 0 radical (unpaired) electrons. The first-order chi connectivity index (χ1) is 15.0. The molecule has 0 fully saturated rings. The highest BCUT2D eigenvalue weighted by molar-refractivity contribution is 7.99. The second kappa shape index (κ2) is 7.86. The number of aryl methyl sites for hydroxylation is 1. The number of hydrogen-bond donors (Lipinski definition) is 1. The zero-order valence-corrected chi connectivity index (χ0v) is 18.2. The Hall–Kier alpha value is -3.10. The fraction of sp³-hybridized carbons (Fsp3) is 0.182. The SMILES string of the molecule is Cc1ccc(NC(=O)CC2CSc3nc4c(cnn4-c4cccc(Cl)c4)c(=O)n32)cc1. The summed E-state index contributed by atoms with van der Waals surface area (Å²) < 4.78 is 3.23. The number of carbonyl (C=O) groups is 1. The Labute approximate surface area is 187 Å². The number of benzene rings is 2. The van der Waals surface area contributed by atoms with Gasteiger partial charge in [-0.2, -0.15) is 5.10 Å². The molecule has 156 valence electrons. The highest BCUT2D eigenvalue weighted by Crippen LogP contribution is 2.33. The average Bonchev–Trinajstić information content (AvgIpc) is 3.35. The molecule has 31 heavy (non-hydrogen) atoms. The predicted molar refractivity (Wildman–Crippen MR) is 122 cm³/mol. The topological polar surface area (TPSA) is 81.8 Å². The molecular formula is C22H18ClN5O2S. The van der Waals surface area contributed by atoms with Crippen LogP contribution >= 0.6 is 23.4 Å². The van der Waals surface area contributed by atoms with E-state index in [1.165, 1.54) is 18.0 Å². The Morgan fingerprint density at radius 2 is 2.06 bits per heavy atom. The zero-order valence-electron chi connectivity index (χ0n) is 16.6. The fourth-order valence-electron chi connectivity index (χ4n) is 3.64. The van der Waals surface area contributed by atoms with Crippen molar-refractivity contribution in [3.05, 3.63) is 75.7 Å². The molecule has 1 aliphatic heterocycles. The summed E-state index contributed by atoms with van der Waals surface area (Å²) >= 11 is 7.57. The number of hydrogen-bond acceptors (Lipinski definition) is 5. The van der Waals surface area contributed by atoms with Gasteiger partial charge < -0.3 is 5.32 Å². The number of carbonyl (C=O) groups excluding carboxylic acids is 1. The van der Waals surface area contributed by atoms with E-state index in [-0.39, 0.29) is 23.9 Å². The van der Waals surface area contributed by atoms with E-state index in [9.17, 15) is 9.59 Å². The fourth-order valence-corrected chi connectivity index (χ4v) is 4.96. The summed E-state index contributed by atoms with van der Waals surface area (Å²) in [6.45, 7) is 1.99. The third-order valence-corrected chi connectivity index (χ3v) is 6.51. The van der Waals surface area contributed by atoms with Gasteiger partial charge in [0.05, 0.1) is 17.9 Å². The van der Waals surface area contributed by atoms with E-state index in [0.29, 0.717) is 27.0 Å². The summed E-state index contributed by atoms with van der Waals surface area (Å²) in [4.78, 5) is 30.5. The summed E-state index contributed by atoms with van der Waals surface area (Å²) in [6.07, 6.45) is 1.72. The number of fused-ring (bicyclic) bond motifs is 2. The van der Waals surface area contributed by atoms with Gasteiger partial charge in [-0.3, -0.25) is 14.2 Å². The van der Waals surface area contributed by atoms with E-state index in [1.807, 2.05) is 43.3 Å². The largest absolute Gasteiger partial charge is 0.326 e. The number of thioether (sulfide) groups is 1. The van der Waals surface area contributed by atoms with Gasteiger partial charge in [0.2, 0.25) is 5.91 Å². The van der Waals surface area contributed by atoms with E-state index in [1.54, 1.807) is 21.4 Å². The molecule has 1 unspecified atom stereocenters. The van der Waals surface area contributed by atoms with Crippen molar-refractivity contribution in [1.29, 1.82) is 0 Å². The third kappa shape index (κ3) is 3.73. The lowest BCUT2D eigenvalue weighted by Gasteiger charge is -2.13. The number of aromatic nitrogens is 4. The average molecular weight is 452 g/mol. The first-order valence-corrected chi connectivity index (χ1v) is 11.1. The van der Waals surface area contributed by atoms with Crippen molar-refractivity contribution < 1.29 is 4.79 Å². The number of halogens is 1. The Morgan fingerprint density at radius 3 is 2.84 bits per heavy atom. The van der Waals surface area contributed by atoms with Crippen LogP contribution in [0.5, 0.6) is 0 Å². The molecule has 1 N–H and O–H groups in total. The molecule has 2 aromatic carbocycles. The molecule has 3 heterocycles. The van der Waals surface area contributed by atoms with Crippen LogP contribution < -0.4 is 10.9 Å². The predicted octanol–water partition coefficient (Wildman–Crippen LogP) is 4.22. The zero-order chi connectivity index (χ0) is 21.5. The van der Waals surface area contributed by atoms with Crippen molar-refractivity contribution >= 4 is 46.0 Å². The summed E-state index contributed by atoms with van der Waals surface area (Å²) in [5, 5.41) is 8.83. The monoisotopic (exact) mass is 451 g/mol. The minimum Gasteiger partial charge on any atom is -0.326 e. The first-order valence-electron chi connectivity index (χ1n) is 9.75. The molecule has 5 rings (SSSR count). The molecular weight excluding hydrogens is 434 g/mol. The number of rotatable bonds is 4. The standard InChI is InChI=1S/C22H18ClN5O2S/c1-13-5-7-15(8-6-13)25-19(29)10-17-12-31-22-26-20-18(21(30)27(17)22)11-24-28(20)16-4-2-3-14(23)9-16/h2-9,11,17H,10,12H2,1H3,(H,25,29). The van der Waals surface area contributed by atoms with Crippen molar-refractivity contribution in [3.8, 4) is 5.69 Å². The first kappa shape index (κ1) is 19.8. The molecule has 1 atom stereocenters. The van der Waals surface area contributed by atoms with Crippen LogP contribution in [0.25, 0.3) is 16.7 Å². The smallest absolute Gasteiger partial charge is 0.265 e. The van der Waals surface area contributed by atoms with Gasteiger partial charge >= 0.3 is 0 Å². The van der Waals surface area contributed by atoms with Crippen LogP contribution in [-0.2, 0) is 4.79 Å². The van der Waals surface area contributed by atoms with E-state index in [0.717, 1.165) is 16.9 Å². The van der Waals surface area contributed by atoms with Crippen LogP contribution in [0, 0.1) is 6.92 Å². The van der Waals surface area contributed by atoms with Crippen molar-refractivity contribution in [3.63, 3.8) is 0 Å². The van der Waals surface area contributed by atoms with Crippen molar-refractivity contribution in [2.45, 2.75) is 24.5 Å². The normalized spacial score (nSPS) is 15.2. The van der Waals surface area contributed by atoms with Crippen LogP contribution in [0.2, 0.25) is 5.02 Å². The van der Waals surface area contributed by atoms with Crippen LogP contribution in [0.4, 0.5) is 5.69 Å². The third-order valence-electron chi connectivity index (χ3n) is 5.18. The van der Waals surface area contributed by atoms with E-state index in [4.69, 9.17) is 11.6 Å². The van der Waals surface area contributed by atoms with Crippen LogP contribution in [-0.4, -0.2) is 31.0 Å². The molecule has 0 saturated carbocycles. The lowest BCUT2D eigenvalue weighted by Crippen LogP contribution is -2.27. The number of amides is 1. The second-order valence-electron chi connectivity index (χ2n) is 7.43. The van der Waals surface area contributed by atoms with Crippen LogP contribution in [0.1, 0.15) is 18.0 Å². The lowest BCUT2D eigenvalue weighted by atomic mass is 10.2. The highest BCUT2D eigenvalue weighted by atomic mass is 35.5. The Bertz CT molecular complexity index is 1360. The quantitative estimate of drug-likeness (QED) is 0.470. The van der Waals surface area contributed by atoms with Crippen molar-refractivity contribution in [2.24, 2.45) is 0 Å². The van der Waals surface area contributed by atoms with Gasteiger partial charge in [0, 0.05) is 22.9 Å². The minimum absolute atomic E-state index is 0.135. The van der Waals surface area contributed by atoms with E-state index in [2.05, 4.69) is 15.4 Å². The van der Waals surface area contributed by atoms with E-state index < -0.39 is 0 Å². The molecule has 1 aliphatic rings. The second-order valence-corrected chi connectivity index (χ2v) is 8.85. The molecule has 0 saturated heterocycles. The van der Waals surface area contributed by atoms with Crippen molar-refractivity contribution in [2.75, 3.05) is 11.1 Å². The van der Waals surface area contributed by atoms with Crippen molar-refractivity contribution in [1.82, 2.24) is 19.3 Å². The van der Waals surface area contributed by atoms with Gasteiger partial charge in [0.25, 0.3) is 5.56 Å². The van der Waals surface area contributed by atoms with Crippen LogP contribution in [0.15, 0.2) is 64.7 Å². The number of anilines is 1. The summed E-state index contributed by atoms with van der Waals surface area (Å²) in [5.74, 6) is 0.477. The van der Waals surface area contributed by atoms with Gasteiger partial charge in [-0.25, -0.2) is 9.67 Å². The van der Waals surface area contributed by atoms with Gasteiger partial charge in [-0.05, 0) is 37.3 Å². The molecule has 2 aromatic heterocycles. The Balaban J connectivity index is 1.44. The summed E-state index contributed by atoms with van der Waals surface area (Å²) in [5.41, 5.74) is 2.89. The van der Waals surface area contributed by atoms with E-state index >= 15 is 0 Å². The maximum atomic E-state index is 13.2. The summed E-state index contributed by atoms with van der Waals surface area (Å²) in [6, 6.07) is 14.6.